The maximum Gasteiger partial charge on any atom is 0.271 e. The van der Waals surface area contributed by atoms with Crippen molar-refractivity contribution < 1.29 is 22.7 Å². The van der Waals surface area contributed by atoms with Gasteiger partial charge < -0.3 is 9.47 Å². The molecule has 0 saturated carbocycles. The quantitative estimate of drug-likeness (QED) is 0.472. The number of carbonyl (C=O) groups excluding carboxylic acids is 1. The molecule has 0 aliphatic carbocycles. The number of ether oxygens (including phenoxy) is 2. The first kappa shape index (κ1) is 20.4. The number of anilines is 1. The van der Waals surface area contributed by atoms with Crippen molar-refractivity contribution in [1.29, 1.82) is 0 Å². The van der Waals surface area contributed by atoms with Crippen LogP contribution < -0.4 is 19.2 Å². The third-order valence-corrected chi connectivity index (χ3v) is 6.47. The van der Waals surface area contributed by atoms with E-state index >= 15 is 0 Å². The molecule has 31 heavy (non-hydrogen) atoms. The number of hydrogen-bond donors (Lipinski definition) is 1. The largest absolute Gasteiger partial charge is 0.454 e. The Morgan fingerprint density at radius 1 is 1.00 bits per heavy atom. The first-order valence-corrected chi connectivity index (χ1v) is 10.8. The van der Waals surface area contributed by atoms with Gasteiger partial charge in [0.05, 0.1) is 16.8 Å². The third-order valence-electron chi connectivity index (χ3n) is 4.67. The second-order valence-electron chi connectivity index (χ2n) is 6.64. The Kier molecular flexibility index (Phi) is 5.59. The summed E-state index contributed by atoms with van der Waals surface area (Å²) in [6.07, 6.45) is 1.49. The minimum absolute atomic E-state index is 0.185. The number of hydrazone groups is 1. The van der Waals surface area contributed by atoms with Gasteiger partial charge in [0.1, 0.15) is 0 Å². The Morgan fingerprint density at radius 3 is 2.45 bits per heavy atom. The van der Waals surface area contributed by atoms with Crippen molar-refractivity contribution in [3.63, 3.8) is 0 Å². The van der Waals surface area contributed by atoms with Gasteiger partial charge in [-0.15, -0.1) is 0 Å². The van der Waals surface area contributed by atoms with Gasteiger partial charge in [-0.3, -0.25) is 9.10 Å². The summed E-state index contributed by atoms with van der Waals surface area (Å²) in [7, 11) is -2.22. The SMILES string of the molecule is CN(c1ccc(C(=O)N/N=C\c2ccc3c(c2)OCO3)cc1)S(=O)(=O)c1ccccc1. The number of nitrogens with one attached hydrogen (secondary N) is 1. The van der Waals surface area contributed by atoms with Gasteiger partial charge in [-0.05, 0) is 60.2 Å². The monoisotopic (exact) mass is 437 g/mol. The highest BCUT2D eigenvalue weighted by Crippen LogP contribution is 2.32. The van der Waals surface area contributed by atoms with Crippen LogP contribution in [0.3, 0.4) is 0 Å². The van der Waals surface area contributed by atoms with Crippen LogP contribution in [0.4, 0.5) is 5.69 Å². The van der Waals surface area contributed by atoms with Gasteiger partial charge in [0, 0.05) is 12.6 Å². The molecule has 0 saturated heterocycles. The second-order valence-corrected chi connectivity index (χ2v) is 8.61. The lowest BCUT2D eigenvalue weighted by molar-refractivity contribution is 0.0955. The van der Waals surface area contributed by atoms with Crippen molar-refractivity contribution in [2.75, 3.05) is 18.1 Å². The van der Waals surface area contributed by atoms with Crippen molar-refractivity contribution >= 4 is 27.8 Å². The van der Waals surface area contributed by atoms with Gasteiger partial charge in [-0.2, -0.15) is 5.10 Å². The van der Waals surface area contributed by atoms with Crippen molar-refractivity contribution in [3.05, 3.63) is 83.9 Å². The second kappa shape index (κ2) is 8.49. The number of carbonyl (C=O) groups is 1. The van der Waals surface area contributed by atoms with Crippen LogP contribution in [-0.4, -0.2) is 34.4 Å². The van der Waals surface area contributed by atoms with E-state index in [0.29, 0.717) is 22.7 Å². The average molecular weight is 437 g/mol. The van der Waals surface area contributed by atoms with Gasteiger partial charge in [-0.25, -0.2) is 13.8 Å². The van der Waals surface area contributed by atoms with Crippen molar-refractivity contribution in [3.8, 4) is 11.5 Å². The van der Waals surface area contributed by atoms with Gasteiger partial charge in [0.25, 0.3) is 15.9 Å². The number of sulfonamides is 1. The van der Waals surface area contributed by atoms with Crippen LogP contribution in [-0.2, 0) is 10.0 Å². The molecule has 9 heteroatoms. The van der Waals surface area contributed by atoms with E-state index in [1.165, 1.54) is 41.8 Å². The predicted molar refractivity (Wildman–Crippen MR) is 116 cm³/mol. The number of nitrogens with zero attached hydrogens (tertiary/aromatic N) is 2. The van der Waals surface area contributed by atoms with E-state index in [0.717, 1.165) is 5.56 Å². The van der Waals surface area contributed by atoms with Crippen LogP contribution in [0, 0.1) is 0 Å². The Bertz CT molecular complexity index is 1230. The maximum absolute atomic E-state index is 12.7. The molecule has 0 radical (unpaired) electrons. The average Bonchev–Trinajstić information content (AvgIpc) is 3.27. The first-order valence-electron chi connectivity index (χ1n) is 9.32. The molecular formula is C22H19N3O5S. The van der Waals surface area contributed by atoms with Crippen LogP contribution in [0.2, 0.25) is 0 Å². The molecule has 1 aliphatic rings. The highest BCUT2D eigenvalue weighted by atomic mass is 32.2. The number of amides is 1. The zero-order valence-corrected chi connectivity index (χ0v) is 17.4. The fourth-order valence-corrected chi connectivity index (χ4v) is 4.15. The summed E-state index contributed by atoms with van der Waals surface area (Å²) >= 11 is 0. The van der Waals surface area contributed by atoms with E-state index in [1.54, 1.807) is 48.5 Å². The molecule has 0 fully saturated rings. The lowest BCUT2D eigenvalue weighted by Gasteiger charge is -2.19. The molecule has 1 amide bonds. The van der Waals surface area contributed by atoms with Crippen LogP contribution in [0.25, 0.3) is 0 Å². The summed E-state index contributed by atoms with van der Waals surface area (Å²) in [5.41, 5.74) is 3.97. The summed E-state index contributed by atoms with van der Waals surface area (Å²) in [5, 5.41) is 3.95. The Labute approximate surface area is 179 Å². The van der Waals surface area contributed by atoms with Gasteiger partial charge >= 0.3 is 0 Å². The predicted octanol–water partition coefficient (Wildman–Crippen LogP) is 3.00. The Hall–Kier alpha value is -3.85. The molecule has 3 aromatic rings. The smallest absolute Gasteiger partial charge is 0.271 e. The van der Waals surface area contributed by atoms with E-state index in [9.17, 15) is 13.2 Å². The number of benzene rings is 3. The molecule has 0 spiro atoms. The van der Waals surface area contributed by atoms with Crippen molar-refractivity contribution in [2.24, 2.45) is 5.10 Å². The third kappa shape index (κ3) is 4.36. The van der Waals surface area contributed by atoms with E-state index in [4.69, 9.17) is 9.47 Å². The van der Waals surface area contributed by atoms with Gasteiger partial charge in [0.15, 0.2) is 11.5 Å². The van der Waals surface area contributed by atoms with E-state index < -0.39 is 15.9 Å². The zero-order chi connectivity index (χ0) is 21.8. The number of fused-ring (bicyclic) bond motifs is 1. The maximum atomic E-state index is 12.7. The fourth-order valence-electron chi connectivity index (χ4n) is 2.94. The highest BCUT2D eigenvalue weighted by molar-refractivity contribution is 7.92. The topological polar surface area (TPSA) is 97.3 Å². The molecule has 3 aromatic carbocycles. The highest BCUT2D eigenvalue weighted by Gasteiger charge is 2.21. The molecule has 1 N–H and O–H groups in total. The van der Waals surface area contributed by atoms with Gasteiger partial charge in [0.2, 0.25) is 6.79 Å². The first-order chi connectivity index (χ1) is 14.9. The summed E-state index contributed by atoms with van der Waals surface area (Å²) in [6, 6.07) is 19.7. The summed E-state index contributed by atoms with van der Waals surface area (Å²) in [4.78, 5) is 12.5. The van der Waals surface area contributed by atoms with Gasteiger partial charge in [-0.1, -0.05) is 18.2 Å². The molecule has 158 valence electrons. The van der Waals surface area contributed by atoms with Crippen molar-refractivity contribution in [1.82, 2.24) is 5.43 Å². The molecule has 0 aromatic heterocycles. The summed E-state index contributed by atoms with van der Waals surface area (Å²) in [6.45, 7) is 0.185. The van der Waals surface area contributed by atoms with Crippen LogP contribution in [0.1, 0.15) is 15.9 Å². The molecule has 0 bridgehead atoms. The summed E-state index contributed by atoms with van der Waals surface area (Å²) in [5.74, 6) is 0.873. The van der Waals surface area contributed by atoms with Crippen LogP contribution in [0.5, 0.6) is 11.5 Å². The summed E-state index contributed by atoms with van der Waals surface area (Å²) < 4.78 is 37.1. The molecule has 1 aliphatic heterocycles. The van der Waals surface area contributed by atoms with E-state index in [-0.39, 0.29) is 11.7 Å². The molecule has 0 unspecified atom stereocenters. The van der Waals surface area contributed by atoms with Crippen molar-refractivity contribution in [2.45, 2.75) is 4.90 Å². The molecular weight excluding hydrogens is 418 g/mol. The van der Waals surface area contributed by atoms with Crippen LogP contribution in [0.15, 0.2) is 82.8 Å². The lowest BCUT2D eigenvalue weighted by Crippen LogP contribution is -2.26. The van der Waals surface area contributed by atoms with E-state index in [1.807, 2.05) is 0 Å². The normalized spacial score (nSPS) is 12.7. The van der Waals surface area contributed by atoms with E-state index in [2.05, 4.69) is 10.5 Å². The lowest BCUT2D eigenvalue weighted by atomic mass is 10.2. The zero-order valence-electron chi connectivity index (χ0n) is 16.6. The minimum Gasteiger partial charge on any atom is -0.454 e. The molecule has 4 rings (SSSR count). The number of hydrogen-bond acceptors (Lipinski definition) is 6. The Balaban J connectivity index is 1.41. The molecule has 1 heterocycles. The number of rotatable bonds is 6. The molecule has 8 nitrogen and oxygen atoms in total. The van der Waals surface area contributed by atoms with Crippen LogP contribution >= 0.6 is 0 Å². The minimum atomic E-state index is -3.68. The standard InChI is InChI=1S/C22H19N3O5S/c1-25(31(27,28)19-5-3-2-4-6-19)18-10-8-17(9-11-18)22(26)24-23-14-16-7-12-20-21(13-16)30-15-29-20/h2-14H,15H2,1H3,(H,24,26)/b23-14-. The molecule has 0 atom stereocenters. The Morgan fingerprint density at radius 2 is 1.71 bits per heavy atom. The fraction of sp³-hybridized carbons (Fsp3) is 0.0909.